The number of benzene rings is 1. The van der Waals surface area contributed by atoms with E-state index in [1.54, 1.807) is 13.2 Å². The van der Waals surface area contributed by atoms with E-state index in [1.165, 1.54) is 0 Å². The summed E-state index contributed by atoms with van der Waals surface area (Å²) in [7, 11) is 1.60. The van der Waals surface area contributed by atoms with Crippen molar-refractivity contribution >= 4 is 17.1 Å². The molecule has 24 heavy (non-hydrogen) atoms. The van der Waals surface area contributed by atoms with Crippen molar-refractivity contribution in [2.24, 2.45) is 11.8 Å². The number of fused-ring (bicyclic) bond motifs is 5. The Bertz CT molecular complexity index is 824. The molecule has 0 unspecified atom stereocenters. The summed E-state index contributed by atoms with van der Waals surface area (Å²) in [5.74, 6) is -3.86. The molecule has 0 heterocycles. The number of carbonyl (C=O) groups is 2. The molecule has 0 saturated heterocycles. The number of ether oxygens (including phenoxy) is 1. The number of methoxy groups -OCH3 is 1. The molecule has 0 spiro atoms. The van der Waals surface area contributed by atoms with Crippen molar-refractivity contribution in [3.8, 4) is 5.75 Å². The van der Waals surface area contributed by atoms with E-state index >= 15 is 4.39 Å². The summed E-state index contributed by atoms with van der Waals surface area (Å²) in [6, 6.07) is 5.67. The molecule has 4 rings (SSSR count). The lowest BCUT2D eigenvalue weighted by Gasteiger charge is -2.44. The van der Waals surface area contributed by atoms with E-state index < -0.39 is 34.9 Å². The summed E-state index contributed by atoms with van der Waals surface area (Å²) < 4.78 is 34.1. The maximum absolute atomic E-state index is 15.3. The fourth-order valence-electron chi connectivity index (χ4n) is 4.30. The molecule has 3 aliphatic rings. The van der Waals surface area contributed by atoms with Crippen LogP contribution in [-0.4, -0.2) is 24.3 Å². The van der Waals surface area contributed by atoms with E-state index in [0.717, 1.165) is 22.4 Å². The number of allylic oxidation sites excluding steroid dienone is 4. The summed E-state index contributed by atoms with van der Waals surface area (Å²) in [4.78, 5) is 24.3. The van der Waals surface area contributed by atoms with Gasteiger partial charge in [0.1, 0.15) is 5.75 Å². The predicted octanol–water partition coefficient (Wildman–Crippen LogP) is 3.37. The maximum Gasteiger partial charge on any atom is 0.229 e. The molecule has 3 atom stereocenters. The topological polar surface area (TPSA) is 43.4 Å². The predicted molar refractivity (Wildman–Crippen MR) is 83.9 cm³/mol. The molecular weight excluding hydrogens is 314 g/mol. The van der Waals surface area contributed by atoms with Gasteiger partial charge in [-0.15, -0.1) is 0 Å². The van der Waals surface area contributed by atoms with Crippen LogP contribution in [0.2, 0.25) is 0 Å². The van der Waals surface area contributed by atoms with Gasteiger partial charge in [-0.2, -0.15) is 0 Å². The van der Waals surface area contributed by atoms with Gasteiger partial charge in [0.25, 0.3) is 0 Å². The summed E-state index contributed by atoms with van der Waals surface area (Å²) in [6.07, 6.45) is 3.28. The van der Waals surface area contributed by atoms with Crippen LogP contribution < -0.4 is 4.74 Å². The fraction of sp³-hybridized carbons (Fsp3) is 0.368. The number of halogens is 2. The Kier molecular flexibility index (Phi) is 3.24. The van der Waals surface area contributed by atoms with E-state index in [-0.39, 0.29) is 6.42 Å². The number of hydrogen-bond donors (Lipinski definition) is 0. The summed E-state index contributed by atoms with van der Waals surface area (Å²) in [5, 5.41) is 0. The van der Waals surface area contributed by atoms with Crippen LogP contribution in [0.1, 0.15) is 24.0 Å². The standard InChI is InChI=1S/C19H16F2O3/c1-24-11-3-5-12-10(8-11)2-4-14-13(12)6-7-19(21)17(14)16(22)9-15(20)18(19)23/h3,5-6,8-9,14,17H,2,4,7H2,1H3/t14-,17-,19+/m0/s1. The van der Waals surface area contributed by atoms with E-state index in [9.17, 15) is 14.0 Å². The van der Waals surface area contributed by atoms with Gasteiger partial charge in [0, 0.05) is 12.5 Å². The first-order valence-electron chi connectivity index (χ1n) is 7.98. The molecule has 0 fully saturated rings. The van der Waals surface area contributed by atoms with Crippen LogP contribution in [0.25, 0.3) is 5.57 Å². The van der Waals surface area contributed by atoms with Gasteiger partial charge in [-0.1, -0.05) is 12.1 Å². The summed E-state index contributed by atoms with van der Waals surface area (Å²) in [5.41, 5.74) is 0.478. The third-order valence-corrected chi connectivity index (χ3v) is 5.43. The van der Waals surface area contributed by atoms with Gasteiger partial charge in [-0.25, -0.2) is 8.78 Å². The highest BCUT2D eigenvalue weighted by Crippen LogP contribution is 2.52. The average molecular weight is 330 g/mol. The highest BCUT2D eigenvalue weighted by molar-refractivity contribution is 6.14. The van der Waals surface area contributed by atoms with Crippen molar-refractivity contribution in [3.05, 3.63) is 47.3 Å². The van der Waals surface area contributed by atoms with Crippen LogP contribution in [0, 0.1) is 11.8 Å². The molecule has 0 bridgehead atoms. The minimum Gasteiger partial charge on any atom is -0.497 e. The Morgan fingerprint density at radius 2 is 2.08 bits per heavy atom. The Morgan fingerprint density at radius 1 is 1.29 bits per heavy atom. The Balaban J connectivity index is 1.82. The van der Waals surface area contributed by atoms with Gasteiger partial charge in [-0.05, 0) is 47.6 Å². The molecule has 0 amide bonds. The number of alkyl halides is 1. The second-order valence-corrected chi connectivity index (χ2v) is 6.60. The van der Waals surface area contributed by atoms with Gasteiger partial charge in [0.2, 0.25) is 5.78 Å². The number of hydrogen-bond acceptors (Lipinski definition) is 3. The van der Waals surface area contributed by atoms with Crippen LogP contribution in [0.15, 0.2) is 36.2 Å². The third-order valence-electron chi connectivity index (χ3n) is 5.43. The van der Waals surface area contributed by atoms with Crippen molar-refractivity contribution in [2.75, 3.05) is 7.11 Å². The van der Waals surface area contributed by atoms with Crippen molar-refractivity contribution in [2.45, 2.75) is 24.9 Å². The first-order valence-corrected chi connectivity index (χ1v) is 7.98. The van der Waals surface area contributed by atoms with E-state index in [1.807, 2.05) is 18.2 Å². The third kappa shape index (κ3) is 1.93. The second-order valence-electron chi connectivity index (χ2n) is 6.60. The molecule has 124 valence electrons. The number of rotatable bonds is 1. The molecule has 0 aliphatic heterocycles. The number of ketones is 2. The van der Waals surface area contributed by atoms with Gasteiger partial charge >= 0.3 is 0 Å². The molecule has 0 saturated carbocycles. The monoisotopic (exact) mass is 330 g/mol. The number of carbonyl (C=O) groups excluding carboxylic acids is 2. The molecule has 1 aromatic rings. The normalized spacial score (nSPS) is 31.5. The Morgan fingerprint density at radius 3 is 2.83 bits per heavy atom. The molecule has 3 nitrogen and oxygen atoms in total. The SMILES string of the molecule is COc1ccc2c(c1)CC[C@H]1C2=CC[C@]2(F)C(=O)C(F)=CC(=O)[C@H]12. The first-order chi connectivity index (χ1) is 11.5. The van der Waals surface area contributed by atoms with Gasteiger partial charge in [-0.3, -0.25) is 9.59 Å². The molecule has 5 heteroatoms. The molecular formula is C19H16F2O3. The number of aryl methyl sites for hydroxylation is 1. The average Bonchev–Trinajstić information content (AvgIpc) is 2.58. The van der Waals surface area contributed by atoms with E-state index in [0.29, 0.717) is 18.9 Å². The maximum atomic E-state index is 15.3. The van der Waals surface area contributed by atoms with Gasteiger partial charge < -0.3 is 4.74 Å². The zero-order valence-electron chi connectivity index (χ0n) is 13.1. The van der Waals surface area contributed by atoms with Crippen molar-refractivity contribution in [1.82, 2.24) is 0 Å². The smallest absolute Gasteiger partial charge is 0.229 e. The van der Waals surface area contributed by atoms with Crippen LogP contribution >= 0.6 is 0 Å². The highest BCUT2D eigenvalue weighted by atomic mass is 19.2. The van der Waals surface area contributed by atoms with Crippen LogP contribution in [0.5, 0.6) is 5.75 Å². The molecule has 1 aromatic carbocycles. The van der Waals surface area contributed by atoms with Crippen molar-refractivity contribution in [3.63, 3.8) is 0 Å². The quantitative estimate of drug-likeness (QED) is 0.793. The zero-order valence-corrected chi connectivity index (χ0v) is 13.1. The molecule has 0 N–H and O–H groups in total. The minimum atomic E-state index is -2.45. The van der Waals surface area contributed by atoms with Crippen LogP contribution in [0.3, 0.4) is 0 Å². The first kappa shape index (κ1) is 15.2. The molecule has 0 aromatic heterocycles. The van der Waals surface area contributed by atoms with Crippen LogP contribution in [-0.2, 0) is 16.0 Å². The van der Waals surface area contributed by atoms with E-state index in [4.69, 9.17) is 4.74 Å². The zero-order chi connectivity index (χ0) is 17.1. The molecule has 0 radical (unpaired) electrons. The largest absolute Gasteiger partial charge is 0.497 e. The fourth-order valence-corrected chi connectivity index (χ4v) is 4.30. The summed E-state index contributed by atoms with van der Waals surface area (Å²) in [6.45, 7) is 0. The Labute approximate surface area is 138 Å². The van der Waals surface area contributed by atoms with Gasteiger partial charge in [0.15, 0.2) is 17.3 Å². The lowest BCUT2D eigenvalue weighted by Crippen LogP contribution is -2.53. The van der Waals surface area contributed by atoms with Crippen molar-refractivity contribution < 1.29 is 23.1 Å². The lowest BCUT2D eigenvalue weighted by atomic mass is 9.60. The Hall–Kier alpha value is -2.30. The van der Waals surface area contributed by atoms with Crippen LogP contribution in [0.4, 0.5) is 8.78 Å². The molecule has 3 aliphatic carbocycles. The highest BCUT2D eigenvalue weighted by Gasteiger charge is 2.58. The van der Waals surface area contributed by atoms with E-state index in [2.05, 4.69) is 0 Å². The lowest BCUT2D eigenvalue weighted by molar-refractivity contribution is -0.143. The minimum absolute atomic E-state index is 0.263. The second kappa shape index (κ2) is 5.10. The van der Waals surface area contributed by atoms with Crippen molar-refractivity contribution in [1.29, 1.82) is 0 Å². The summed E-state index contributed by atoms with van der Waals surface area (Å²) >= 11 is 0. The van der Waals surface area contributed by atoms with Gasteiger partial charge in [0.05, 0.1) is 13.0 Å². The number of Topliss-reactive ketones (excluding diaryl/α,β-unsaturated/α-hetero) is 1.